The van der Waals surface area contributed by atoms with Crippen LogP contribution in [0.2, 0.25) is 0 Å². The molecule has 0 aliphatic heterocycles. The number of hydrogen-bond donors (Lipinski definition) is 1. The molecule has 1 atom stereocenters. The van der Waals surface area contributed by atoms with Crippen molar-refractivity contribution in [2.45, 2.75) is 33.4 Å². The molecule has 3 aromatic rings. The van der Waals surface area contributed by atoms with Gasteiger partial charge in [0.05, 0.1) is 6.54 Å². The van der Waals surface area contributed by atoms with E-state index < -0.39 is 17.4 Å². The number of rotatable bonds is 8. The van der Waals surface area contributed by atoms with Gasteiger partial charge in [-0.1, -0.05) is 12.1 Å². The van der Waals surface area contributed by atoms with Crippen molar-refractivity contribution in [2.75, 3.05) is 24.6 Å². The molecule has 162 valence electrons. The van der Waals surface area contributed by atoms with Crippen molar-refractivity contribution in [2.24, 2.45) is 14.1 Å². The van der Waals surface area contributed by atoms with Crippen LogP contribution < -0.4 is 20.9 Å². The standard InChI is InChI=1S/C21H29N5O4/c1-6-25(7-2)20-22-18-17(19(28)24(5)21(29)23(18)4)26(20)12-15(27)13-30-16-10-8-9-14(3)11-16/h8-11,15,27H,6-7,12-13H2,1-5H3/t15-/m0/s1. The second-order valence-corrected chi connectivity index (χ2v) is 7.35. The first-order valence-corrected chi connectivity index (χ1v) is 10.1. The first kappa shape index (κ1) is 21.6. The highest BCUT2D eigenvalue weighted by molar-refractivity contribution is 5.74. The number of aromatic nitrogens is 4. The zero-order chi connectivity index (χ0) is 22.0. The number of benzene rings is 1. The minimum absolute atomic E-state index is 0.0624. The molecule has 0 unspecified atom stereocenters. The van der Waals surface area contributed by atoms with Crippen LogP contribution in [0, 0.1) is 6.92 Å². The van der Waals surface area contributed by atoms with Crippen molar-refractivity contribution in [3.8, 4) is 5.75 Å². The number of hydrogen-bond acceptors (Lipinski definition) is 6. The summed E-state index contributed by atoms with van der Waals surface area (Å²) in [6.07, 6.45) is -0.876. The maximum Gasteiger partial charge on any atom is 0.332 e. The topological polar surface area (TPSA) is 94.5 Å². The van der Waals surface area contributed by atoms with Crippen LogP contribution in [0.5, 0.6) is 5.75 Å². The molecule has 2 aromatic heterocycles. The Kier molecular flexibility index (Phi) is 6.31. The van der Waals surface area contributed by atoms with E-state index in [2.05, 4.69) is 4.98 Å². The summed E-state index contributed by atoms with van der Waals surface area (Å²) in [6.45, 7) is 7.46. The number of imidazole rings is 1. The van der Waals surface area contributed by atoms with Crippen LogP contribution in [0.4, 0.5) is 5.95 Å². The molecule has 0 aliphatic rings. The number of ether oxygens (including phenoxy) is 1. The molecule has 9 nitrogen and oxygen atoms in total. The van der Waals surface area contributed by atoms with E-state index in [0.29, 0.717) is 30.4 Å². The molecule has 0 amide bonds. The van der Waals surface area contributed by atoms with Gasteiger partial charge < -0.3 is 19.3 Å². The predicted molar refractivity (Wildman–Crippen MR) is 116 cm³/mol. The Bertz CT molecular complexity index is 1160. The molecule has 0 bridgehead atoms. The van der Waals surface area contributed by atoms with Gasteiger partial charge in [-0.3, -0.25) is 13.9 Å². The number of anilines is 1. The molecule has 1 N–H and O–H groups in total. The molecular formula is C21H29N5O4. The molecule has 1 aromatic carbocycles. The summed E-state index contributed by atoms with van der Waals surface area (Å²) in [7, 11) is 3.03. The summed E-state index contributed by atoms with van der Waals surface area (Å²) in [5.41, 5.74) is 0.779. The molecule has 2 heterocycles. The molecule has 0 fully saturated rings. The highest BCUT2D eigenvalue weighted by Gasteiger charge is 2.23. The zero-order valence-corrected chi connectivity index (χ0v) is 18.1. The Morgan fingerprint density at radius 1 is 1.17 bits per heavy atom. The van der Waals surface area contributed by atoms with Gasteiger partial charge >= 0.3 is 5.69 Å². The lowest BCUT2D eigenvalue weighted by atomic mass is 10.2. The summed E-state index contributed by atoms with van der Waals surface area (Å²) in [5.74, 6) is 1.22. The van der Waals surface area contributed by atoms with E-state index in [-0.39, 0.29) is 18.7 Å². The lowest BCUT2D eigenvalue weighted by Crippen LogP contribution is -2.38. The van der Waals surface area contributed by atoms with E-state index >= 15 is 0 Å². The Balaban J connectivity index is 2.01. The highest BCUT2D eigenvalue weighted by atomic mass is 16.5. The smallest absolute Gasteiger partial charge is 0.332 e. The van der Waals surface area contributed by atoms with Crippen LogP contribution in [0.1, 0.15) is 19.4 Å². The van der Waals surface area contributed by atoms with Crippen molar-refractivity contribution < 1.29 is 9.84 Å². The van der Waals surface area contributed by atoms with Crippen molar-refractivity contribution in [3.63, 3.8) is 0 Å². The third kappa shape index (κ3) is 3.97. The van der Waals surface area contributed by atoms with E-state index in [0.717, 1.165) is 10.1 Å². The summed E-state index contributed by atoms with van der Waals surface area (Å²) in [6, 6.07) is 7.59. The molecule has 9 heteroatoms. The molecule has 0 radical (unpaired) electrons. The van der Waals surface area contributed by atoms with Gasteiger partial charge in [-0.2, -0.15) is 4.98 Å². The third-order valence-corrected chi connectivity index (χ3v) is 5.20. The van der Waals surface area contributed by atoms with Crippen LogP contribution >= 0.6 is 0 Å². The normalized spacial score (nSPS) is 12.3. The lowest BCUT2D eigenvalue weighted by Gasteiger charge is -2.22. The Hall–Kier alpha value is -3.07. The van der Waals surface area contributed by atoms with Crippen LogP contribution in [-0.2, 0) is 20.6 Å². The number of nitrogens with zero attached hydrogens (tertiary/aromatic N) is 5. The average molecular weight is 415 g/mol. The van der Waals surface area contributed by atoms with Crippen molar-refractivity contribution in [1.82, 2.24) is 18.7 Å². The summed E-state index contributed by atoms with van der Waals surface area (Å²) < 4.78 is 9.83. The van der Waals surface area contributed by atoms with Crippen LogP contribution in [0.15, 0.2) is 33.9 Å². The van der Waals surface area contributed by atoms with Crippen molar-refractivity contribution in [1.29, 1.82) is 0 Å². The molecule has 30 heavy (non-hydrogen) atoms. The fourth-order valence-corrected chi connectivity index (χ4v) is 3.52. The molecular weight excluding hydrogens is 386 g/mol. The van der Waals surface area contributed by atoms with Crippen LogP contribution in [0.25, 0.3) is 11.2 Å². The number of aliphatic hydroxyl groups excluding tert-OH is 1. The van der Waals surface area contributed by atoms with Gasteiger partial charge in [0.15, 0.2) is 11.2 Å². The first-order valence-electron chi connectivity index (χ1n) is 10.1. The third-order valence-electron chi connectivity index (χ3n) is 5.20. The van der Waals surface area contributed by atoms with Crippen molar-refractivity contribution >= 4 is 17.1 Å². The number of aliphatic hydroxyl groups is 1. The van der Waals surface area contributed by atoms with Gasteiger partial charge in [-0.25, -0.2) is 4.79 Å². The van der Waals surface area contributed by atoms with E-state index in [1.807, 2.05) is 49.9 Å². The van der Waals surface area contributed by atoms with Gasteiger partial charge in [0.25, 0.3) is 5.56 Å². The Labute approximate surface area is 174 Å². The fourth-order valence-electron chi connectivity index (χ4n) is 3.52. The summed E-state index contributed by atoms with van der Waals surface area (Å²) in [4.78, 5) is 31.8. The summed E-state index contributed by atoms with van der Waals surface area (Å²) >= 11 is 0. The van der Waals surface area contributed by atoms with E-state index in [1.165, 1.54) is 11.6 Å². The second kappa shape index (κ2) is 8.74. The Morgan fingerprint density at radius 3 is 2.50 bits per heavy atom. The zero-order valence-electron chi connectivity index (χ0n) is 18.1. The van der Waals surface area contributed by atoms with Crippen molar-refractivity contribution in [3.05, 3.63) is 50.7 Å². The molecule has 0 saturated carbocycles. The number of aryl methyl sites for hydroxylation is 2. The van der Waals surface area contributed by atoms with E-state index in [1.54, 1.807) is 11.6 Å². The van der Waals surface area contributed by atoms with Crippen LogP contribution in [0.3, 0.4) is 0 Å². The van der Waals surface area contributed by atoms with E-state index in [9.17, 15) is 14.7 Å². The minimum atomic E-state index is -0.876. The predicted octanol–water partition coefficient (Wildman–Crippen LogP) is 1.03. The molecule has 0 aliphatic carbocycles. The average Bonchev–Trinajstić information content (AvgIpc) is 3.09. The highest BCUT2D eigenvalue weighted by Crippen LogP contribution is 2.20. The first-order chi connectivity index (χ1) is 14.3. The van der Waals surface area contributed by atoms with Crippen LogP contribution in [-0.4, -0.2) is 49.6 Å². The molecule has 0 spiro atoms. The monoisotopic (exact) mass is 415 g/mol. The number of fused-ring (bicyclic) bond motifs is 1. The SMILES string of the molecule is CCN(CC)c1nc2c(c(=O)n(C)c(=O)n2C)n1C[C@H](O)COc1cccc(C)c1. The quantitative estimate of drug-likeness (QED) is 0.591. The maximum atomic E-state index is 12.9. The molecule has 3 rings (SSSR count). The minimum Gasteiger partial charge on any atom is -0.491 e. The molecule has 0 saturated heterocycles. The van der Waals surface area contributed by atoms with Gasteiger partial charge in [-0.05, 0) is 38.5 Å². The second-order valence-electron chi connectivity index (χ2n) is 7.35. The van der Waals surface area contributed by atoms with Gasteiger partial charge in [-0.15, -0.1) is 0 Å². The maximum absolute atomic E-state index is 12.9. The lowest BCUT2D eigenvalue weighted by molar-refractivity contribution is 0.0936. The van der Waals surface area contributed by atoms with E-state index in [4.69, 9.17) is 4.74 Å². The van der Waals surface area contributed by atoms with Gasteiger partial charge in [0.1, 0.15) is 18.5 Å². The summed E-state index contributed by atoms with van der Waals surface area (Å²) in [5, 5.41) is 10.7. The fraction of sp³-hybridized carbons (Fsp3) is 0.476. The largest absolute Gasteiger partial charge is 0.491 e. The Morgan fingerprint density at radius 2 is 1.87 bits per heavy atom. The van der Waals surface area contributed by atoms with Gasteiger partial charge in [0, 0.05) is 27.2 Å². The van der Waals surface area contributed by atoms with Gasteiger partial charge in [0.2, 0.25) is 5.95 Å².